The Balaban J connectivity index is 1.57. The lowest BCUT2D eigenvalue weighted by Gasteiger charge is -2.31. The lowest BCUT2D eigenvalue weighted by atomic mass is 9.75. The number of fused-ring (bicyclic) bond motifs is 1. The molecular formula is C22H20N2O3. The number of imide groups is 1. The van der Waals surface area contributed by atoms with Crippen LogP contribution in [0.4, 0.5) is 0 Å². The Morgan fingerprint density at radius 1 is 0.963 bits per heavy atom. The molecule has 0 spiro atoms. The molecule has 1 N–H and O–H groups in total. The molecule has 0 radical (unpaired) electrons. The molecule has 3 amide bonds. The molecule has 2 aliphatic rings. The summed E-state index contributed by atoms with van der Waals surface area (Å²) < 4.78 is 0. The van der Waals surface area contributed by atoms with E-state index in [-0.39, 0.29) is 17.7 Å². The number of nitrogens with one attached hydrogen (secondary N) is 1. The second-order valence-corrected chi connectivity index (χ2v) is 7.08. The number of carbonyl (C=O) groups is 3. The molecule has 1 aliphatic carbocycles. The number of carbonyl (C=O) groups excluding carboxylic acids is 3. The molecule has 4 rings (SSSR count). The van der Waals surface area contributed by atoms with E-state index in [4.69, 9.17) is 0 Å². The normalized spacial score (nSPS) is 21.7. The molecule has 0 aromatic heterocycles. The zero-order valence-corrected chi connectivity index (χ0v) is 15.0. The van der Waals surface area contributed by atoms with Gasteiger partial charge in [-0.2, -0.15) is 5.01 Å². The summed E-state index contributed by atoms with van der Waals surface area (Å²) in [7, 11) is 0. The first-order chi connectivity index (χ1) is 13.1. The highest BCUT2D eigenvalue weighted by atomic mass is 16.2. The lowest BCUT2D eigenvalue weighted by Crippen LogP contribution is -2.49. The van der Waals surface area contributed by atoms with E-state index in [2.05, 4.69) is 18.4 Å². The zero-order chi connectivity index (χ0) is 19.0. The maximum absolute atomic E-state index is 13.0. The van der Waals surface area contributed by atoms with E-state index in [1.165, 1.54) is 5.57 Å². The van der Waals surface area contributed by atoms with Crippen LogP contribution < -0.4 is 5.43 Å². The van der Waals surface area contributed by atoms with Gasteiger partial charge in [0.1, 0.15) is 0 Å². The monoisotopic (exact) mass is 360 g/mol. The van der Waals surface area contributed by atoms with E-state index in [0.29, 0.717) is 17.5 Å². The van der Waals surface area contributed by atoms with Gasteiger partial charge >= 0.3 is 0 Å². The maximum Gasteiger partial charge on any atom is 0.280 e. The number of allylic oxidation sites excluding steroid dienone is 2. The minimum Gasteiger partial charge on any atom is -0.273 e. The number of amides is 3. The first-order valence-corrected chi connectivity index (χ1v) is 9.05. The van der Waals surface area contributed by atoms with Gasteiger partial charge in [0.15, 0.2) is 0 Å². The Bertz CT molecular complexity index is 914. The van der Waals surface area contributed by atoms with Gasteiger partial charge in [0.25, 0.3) is 11.8 Å². The molecule has 2 aromatic carbocycles. The van der Waals surface area contributed by atoms with Crippen molar-refractivity contribution >= 4 is 17.7 Å². The fraction of sp³-hybridized carbons (Fsp3) is 0.227. The topological polar surface area (TPSA) is 66.5 Å². The zero-order valence-electron chi connectivity index (χ0n) is 15.0. The fourth-order valence-corrected chi connectivity index (χ4v) is 3.89. The van der Waals surface area contributed by atoms with Gasteiger partial charge in [0.05, 0.1) is 17.0 Å². The fourth-order valence-electron chi connectivity index (χ4n) is 3.89. The molecule has 27 heavy (non-hydrogen) atoms. The van der Waals surface area contributed by atoms with Gasteiger partial charge < -0.3 is 0 Å². The Morgan fingerprint density at radius 2 is 1.56 bits per heavy atom. The highest BCUT2D eigenvalue weighted by molar-refractivity contribution is 6.21. The molecule has 1 aliphatic heterocycles. The van der Waals surface area contributed by atoms with Gasteiger partial charge in [-0.3, -0.25) is 19.8 Å². The van der Waals surface area contributed by atoms with Gasteiger partial charge in [-0.15, -0.1) is 0 Å². The number of rotatable bonds is 3. The van der Waals surface area contributed by atoms with Crippen LogP contribution in [0.5, 0.6) is 0 Å². The number of hydrogen-bond acceptors (Lipinski definition) is 3. The molecule has 2 aromatic rings. The molecule has 0 saturated heterocycles. The van der Waals surface area contributed by atoms with Crippen LogP contribution in [0.25, 0.3) is 0 Å². The quantitative estimate of drug-likeness (QED) is 0.673. The third kappa shape index (κ3) is 3.05. The summed E-state index contributed by atoms with van der Waals surface area (Å²) in [6.45, 7) is 2.06. The average Bonchev–Trinajstić information content (AvgIpc) is 2.94. The summed E-state index contributed by atoms with van der Waals surface area (Å²) >= 11 is 0. The van der Waals surface area contributed by atoms with Crippen molar-refractivity contribution in [2.45, 2.75) is 25.7 Å². The summed E-state index contributed by atoms with van der Waals surface area (Å²) in [4.78, 5) is 38.0. The third-order valence-corrected chi connectivity index (χ3v) is 5.33. The molecule has 5 heteroatoms. The average molecular weight is 360 g/mol. The molecule has 0 fully saturated rings. The summed E-state index contributed by atoms with van der Waals surface area (Å²) in [5.41, 5.74) is 5.55. The summed E-state index contributed by atoms with van der Waals surface area (Å²) in [5, 5.41) is 0.847. The minimum absolute atomic E-state index is 0.0198. The van der Waals surface area contributed by atoms with Crippen LogP contribution in [0.15, 0.2) is 66.2 Å². The Hall–Kier alpha value is -3.21. The van der Waals surface area contributed by atoms with E-state index in [1.54, 1.807) is 24.3 Å². The first-order valence-electron chi connectivity index (χ1n) is 9.05. The highest BCUT2D eigenvalue weighted by Crippen LogP contribution is 2.37. The third-order valence-electron chi connectivity index (χ3n) is 5.33. The van der Waals surface area contributed by atoms with Crippen molar-refractivity contribution in [3.05, 3.63) is 82.9 Å². The smallest absolute Gasteiger partial charge is 0.273 e. The Kier molecular flexibility index (Phi) is 4.36. The van der Waals surface area contributed by atoms with Crippen LogP contribution in [-0.2, 0) is 4.79 Å². The van der Waals surface area contributed by atoms with E-state index < -0.39 is 11.8 Å². The Labute approximate surface area is 157 Å². The molecule has 2 atom stereocenters. The number of hydrazine groups is 1. The molecule has 1 heterocycles. The summed E-state index contributed by atoms with van der Waals surface area (Å²) in [6.07, 6.45) is 3.43. The molecular weight excluding hydrogens is 340 g/mol. The molecule has 0 saturated carbocycles. The van der Waals surface area contributed by atoms with Crippen LogP contribution in [0, 0.1) is 5.92 Å². The predicted molar refractivity (Wildman–Crippen MR) is 101 cm³/mol. The predicted octanol–water partition coefficient (Wildman–Crippen LogP) is 3.45. The van der Waals surface area contributed by atoms with Crippen LogP contribution in [0.1, 0.15) is 52.0 Å². The molecule has 136 valence electrons. The van der Waals surface area contributed by atoms with Crippen molar-refractivity contribution < 1.29 is 14.4 Å². The van der Waals surface area contributed by atoms with Crippen molar-refractivity contribution in [2.75, 3.05) is 0 Å². The highest BCUT2D eigenvalue weighted by Gasteiger charge is 2.39. The van der Waals surface area contributed by atoms with Gasteiger partial charge in [-0.1, -0.05) is 54.1 Å². The lowest BCUT2D eigenvalue weighted by molar-refractivity contribution is -0.129. The van der Waals surface area contributed by atoms with Gasteiger partial charge in [0.2, 0.25) is 5.91 Å². The van der Waals surface area contributed by atoms with Crippen molar-refractivity contribution in [2.24, 2.45) is 5.92 Å². The molecule has 0 unspecified atom stereocenters. The summed E-state index contributed by atoms with van der Waals surface area (Å²) in [6, 6.07) is 16.5. The van der Waals surface area contributed by atoms with E-state index in [9.17, 15) is 14.4 Å². The van der Waals surface area contributed by atoms with Crippen molar-refractivity contribution in [1.82, 2.24) is 10.4 Å². The van der Waals surface area contributed by atoms with Gasteiger partial charge in [-0.05, 0) is 43.4 Å². The van der Waals surface area contributed by atoms with Crippen molar-refractivity contribution in [3.63, 3.8) is 0 Å². The number of benzene rings is 2. The van der Waals surface area contributed by atoms with E-state index >= 15 is 0 Å². The number of hydrogen-bond donors (Lipinski definition) is 1. The molecule has 0 bridgehead atoms. The minimum atomic E-state index is -0.484. The Morgan fingerprint density at radius 3 is 2.19 bits per heavy atom. The van der Waals surface area contributed by atoms with Crippen LogP contribution in [-0.4, -0.2) is 22.7 Å². The van der Waals surface area contributed by atoms with Crippen molar-refractivity contribution in [1.29, 1.82) is 0 Å². The van der Waals surface area contributed by atoms with Crippen LogP contribution in [0.2, 0.25) is 0 Å². The first kappa shape index (κ1) is 17.2. The SMILES string of the molecule is CC1=CC[C@@H](C(=O)NN2C(=O)c3ccccc3C2=O)[C@@H](c2ccccc2)C1. The maximum atomic E-state index is 13.0. The largest absolute Gasteiger partial charge is 0.280 e. The second-order valence-electron chi connectivity index (χ2n) is 7.08. The van der Waals surface area contributed by atoms with Gasteiger partial charge in [0, 0.05) is 0 Å². The van der Waals surface area contributed by atoms with E-state index in [1.807, 2.05) is 30.3 Å². The van der Waals surface area contributed by atoms with Crippen LogP contribution in [0.3, 0.4) is 0 Å². The van der Waals surface area contributed by atoms with Crippen LogP contribution >= 0.6 is 0 Å². The van der Waals surface area contributed by atoms with E-state index in [0.717, 1.165) is 17.0 Å². The number of nitrogens with zero attached hydrogens (tertiary/aromatic N) is 1. The second kappa shape index (κ2) is 6.83. The van der Waals surface area contributed by atoms with Crippen molar-refractivity contribution in [3.8, 4) is 0 Å². The summed E-state index contributed by atoms with van der Waals surface area (Å²) in [5.74, 6) is -1.58. The van der Waals surface area contributed by atoms with Gasteiger partial charge in [-0.25, -0.2) is 0 Å². The molecule has 5 nitrogen and oxygen atoms in total. The standard InChI is InChI=1S/C22H20N2O3/c1-14-11-12-16(19(13-14)15-7-3-2-4-8-15)20(25)23-24-21(26)17-9-5-6-10-18(17)22(24)27/h2-11,16,19H,12-13H2,1H3,(H,23,25)/t16-,19-/m1/s1.